The summed E-state index contributed by atoms with van der Waals surface area (Å²) in [5.41, 5.74) is 1.06. The highest BCUT2D eigenvalue weighted by Gasteiger charge is 2.09. The van der Waals surface area contributed by atoms with Crippen molar-refractivity contribution in [3.05, 3.63) is 42.0 Å². The Labute approximate surface area is 91.7 Å². The molecule has 3 heteroatoms. The topological polar surface area (TPSA) is 26.3 Å². The number of methoxy groups -OCH3 is 1. The van der Waals surface area contributed by atoms with Crippen LogP contribution in [0.2, 0.25) is 0 Å². The Bertz CT molecular complexity index is 319. The van der Waals surface area contributed by atoms with E-state index in [2.05, 4.69) is 20.7 Å². The van der Waals surface area contributed by atoms with Crippen molar-refractivity contribution in [2.75, 3.05) is 7.11 Å². The molecule has 1 aromatic rings. The van der Waals surface area contributed by atoms with Gasteiger partial charge in [-0.2, -0.15) is 0 Å². The van der Waals surface area contributed by atoms with Gasteiger partial charge in [-0.15, -0.1) is 0 Å². The minimum Gasteiger partial charge on any atom is -0.468 e. The monoisotopic (exact) mass is 254 g/mol. The summed E-state index contributed by atoms with van der Waals surface area (Å²) >= 11 is 3.20. The third-order valence-electron chi connectivity index (χ3n) is 1.68. The molecule has 0 amide bonds. The van der Waals surface area contributed by atoms with E-state index in [1.54, 1.807) is 6.08 Å². The minimum absolute atomic E-state index is 0.294. The molecule has 1 unspecified atom stereocenters. The zero-order valence-electron chi connectivity index (χ0n) is 7.81. The number of alkyl halides is 1. The SMILES string of the molecule is COC(=O)C(Br)/C=C/c1ccccc1. The number of carbonyl (C=O) groups is 1. The van der Waals surface area contributed by atoms with E-state index in [1.165, 1.54) is 7.11 Å². The van der Waals surface area contributed by atoms with Crippen molar-refractivity contribution < 1.29 is 9.53 Å². The lowest BCUT2D eigenvalue weighted by molar-refractivity contribution is -0.138. The number of esters is 1. The van der Waals surface area contributed by atoms with E-state index in [-0.39, 0.29) is 10.8 Å². The highest BCUT2D eigenvalue weighted by Crippen LogP contribution is 2.08. The summed E-state index contributed by atoms with van der Waals surface area (Å²) in [5, 5.41) is 0. The van der Waals surface area contributed by atoms with Gasteiger partial charge < -0.3 is 4.74 Å². The predicted octanol–water partition coefficient (Wildman–Crippen LogP) is 2.64. The molecule has 0 fully saturated rings. The summed E-state index contributed by atoms with van der Waals surface area (Å²) in [7, 11) is 1.37. The third-order valence-corrected chi connectivity index (χ3v) is 2.36. The van der Waals surface area contributed by atoms with E-state index in [0.29, 0.717) is 0 Å². The first-order valence-electron chi connectivity index (χ1n) is 4.19. The van der Waals surface area contributed by atoms with Crippen LogP contribution >= 0.6 is 15.9 Å². The van der Waals surface area contributed by atoms with E-state index in [9.17, 15) is 4.79 Å². The van der Waals surface area contributed by atoms with Gasteiger partial charge >= 0.3 is 5.97 Å². The minimum atomic E-state index is -0.382. The molecule has 0 saturated heterocycles. The lowest BCUT2D eigenvalue weighted by Gasteiger charge is -2.00. The normalized spacial score (nSPS) is 12.7. The standard InChI is InChI=1S/C11H11BrO2/c1-14-11(13)10(12)8-7-9-5-3-2-4-6-9/h2-8,10H,1H3/b8-7+. The van der Waals surface area contributed by atoms with Crippen LogP contribution in [0.4, 0.5) is 0 Å². The summed E-state index contributed by atoms with van der Waals surface area (Å²) in [6.45, 7) is 0. The molecule has 14 heavy (non-hydrogen) atoms. The second-order valence-electron chi connectivity index (χ2n) is 2.69. The highest BCUT2D eigenvalue weighted by atomic mass is 79.9. The third kappa shape index (κ3) is 3.34. The van der Waals surface area contributed by atoms with E-state index >= 15 is 0 Å². The maximum absolute atomic E-state index is 11.0. The molecule has 0 radical (unpaired) electrons. The number of halogens is 1. The van der Waals surface area contributed by atoms with Crippen LogP contribution in [0.25, 0.3) is 6.08 Å². The average Bonchev–Trinajstić information content (AvgIpc) is 2.26. The first kappa shape index (κ1) is 11.0. The van der Waals surface area contributed by atoms with Gasteiger partial charge in [-0.3, -0.25) is 4.79 Å². The van der Waals surface area contributed by atoms with Crippen LogP contribution in [-0.4, -0.2) is 17.9 Å². The second kappa shape index (κ2) is 5.60. The number of hydrogen-bond acceptors (Lipinski definition) is 2. The molecule has 0 heterocycles. The molecule has 0 saturated carbocycles. The largest absolute Gasteiger partial charge is 0.468 e. The van der Waals surface area contributed by atoms with Crippen LogP contribution < -0.4 is 0 Å². The molecule has 1 aromatic carbocycles. The summed E-state index contributed by atoms with van der Waals surface area (Å²) in [6.07, 6.45) is 3.62. The van der Waals surface area contributed by atoms with Crippen molar-refractivity contribution in [2.45, 2.75) is 4.83 Å². The van der Waals surface area contributed by atoms with Gasteiger partial charge in [0.25, 0.3) is 0 Å². The molecule has 0 aliphatic heterocycles. The Hall–Kier alpha value is -1.09. The first-order chi connectivity index (χ1) is 6.74. The molecule has 0 bridgehead atoms. The fourth-order valence-corrected chi connectivity index (χ4v) is 1.29. The molecule has 1 atom stereocenters. The predicted molar refractivity (Wildman–Crippen MR) is 60.2 cm³/mol. The number of ether oxygens (including phenoxy) is 1. The summed E-state index contributed by atoms with van der Waals surface area (Å²) in [5.74, 6) is -0.294. The van der Waals surface area contributed by atoms with Gasteiger partial charge in [0.15, 0.2) is 0 Å². The van der Waals surface area contributed by atoms with Crippen LogP contribution in [0.15, 0.2) is 36.4 Å². The van der Waals surface area contributed by atoms with Gasteiger partial charge in [0.2, 0.25) is 0 Å². The fourth-order valence-electron chi connectivity index (χ4n) is 0.951. The van der Waals surface area contributed by atoms with Gasteiger partial charge in [0.1, 0.15) is 4.83 Å². The molecular weight excluding hydrogens is 244 g/mol. The average molecular weight is 255 g/mol. The van der Waals surface area contributed by atoms with Crippen LogP contribution in [0, 0.1) is 0 Å². The molecule has 0 aromatic heterocycles. The van der Waals surface area contributed by atoms with Gasteiger partial charge in [0.05, 0.1) is 7.11 Å². The van der Waals surface area contributed by atoms with E-state index < -0.39 is 0 Å². The highest BCUT2D eigenvalue weighted by molar-refractivity contribution is 9.10. The number of carbonyl (C=O) groups excluding carboxylic acids is 1. The van der Waals surface area contributed by atoms with Crippen molar-refractivity contribution in [1.29, 1.82) is 0 Å². The fraction of sp³-hybridized carbons (Fsp3) is 0.182. The maximum Gasteiger partial charge on any atom is 0.323 e. The Morgan fingerprint density at radius 3 is 2.64 bits per heavy atom. The lowest BCUT2D eigenvalue weighted by atomic mass is 10.2. The first-order valence-corrected chi connectivity index (χ1v) is 5.11. The molecule has 2 nitrogen and oxygen atoms in total. The van der Waals surface area contributed by atoms with Crippen molar-refractivity contribution in [3.63, 3.8) is 0 Å². The quantitative estimate of drug-likeness (QED) is 0.613. The Morgan fingerprint density at radius 2 is 2.07 bits per heavy atom. The van der Waals surface area contributed by atoms with Crippen LogP contribution in [0.1, 0.15) is 5.56 Å². The zero-order valence-corrected chi connectivity index (χ0v) is 9.40. The molecule has 0 aliphatic rings. The summed E-state index contributed by atoms with van der Waals surface area (Å²) in [6, 6.07) is 9.77. The van der Waals surface area contributed by atoms with Gasteiger partial charge in [-0.05, 0) is 5.56 Å². The van der Waals surface area contributed by atoms with Gasteiger partial charge in [-0.25, -0.2) is 0 Å². The zero-order chi connectivity index (χ0) is 10.4. The smallest absolute Gasteiger partial charge is 0.323 e. The molecule has 74 valence electrons. The molecular formula is C11H11BrO2. The van der Waals surface area contributed by atoms with E-state index in [4.69, 9.17) is 0 Å². The Kier molecular flexibility index (Phi) is 4.40. The van der Waals surface area contributed by atoms with Crippen molar-refractivity contribution in [2.24, 2.45) is 0 Å². The molecule has 0 N–H and O–H groups in total. The number of benzene rings is 1. The summed E-state index contributed by atoms with van der Waals surface area (Å²) in [4.78, 5) is 10.6. The van der Waals surface area contributed by atoms with Crippen LogP contribution in [0.5, 0.6) is 0 Å². The molecule has 0 aliphatic carbocycles. The Morgan fingerprint density at radius 1 is 1.43 bits per heavy atom. The van der Waals surface area contributed by atoms with Crippen LogP contribution in [0.3, 0.4) is 0 Å². The summed E-state index contributed by atoms with van der Waals surface area (Å²) < 4.78 is 4.56. The van der Waals surface area contributed by atoms with Crippen molar-refractivity contribution in [3.8, 4) is 0 Å². The lowest BCUT2D eigenvalue weighted by Crippen LogP contribution is -2.12. The van der Waals surface area contributed by atoms with E-state index in [1.807, 2.05) is 36.4 Å². The second-order valence-corrected chi connectivity index (χ2v) is 3.68. The molecule has 0 spiro atoms. The van der Waals surface area contributed by atoms with Crippen LogP contribution in [-0.2, 0) is 9.53 Å². The molecule has 1 rings (SSSR count). The Balaban J connectivity index is 2.60. The van der Waals surface area contributed by atoms with Crippen molar-refractivity contribution in [1.82, 2.24) is 0 Å². The van der Waals surface area contributed by atoms with Gasteiger partial charge in [0, 0.05) is 0 Å². The van der Waals surface area contributed by atoms with Gasteiger partial charge in [-0.1, -0.05) is 58.4 Å². The maximum atomic E-state index is 11.0. The van der Waals surface area contributed by atoms with E-state index in [0.717, 1.165) is 5.56 Å². The van der Waals surface area contributed by atoms with Crippen molar-refractivity contribution >= 4 is 28.0 Å². The number of hydrogen-bond donors (Lipinski definition) is 0. The number of rotatable bonds is 3.